The minimum atomic E-state index is -0.216. The number of nitrogens with one attached hydrogen (secondary N) is 1. The number of amides is 2. The molecule has 1 aliphatic rings. The molecule has 5 nitrogen and oxygen atoms in total. The van der Waals surface area contributed by atoms with E-state index in [2.05, 4.69) is 16.9 Å². The lowest BCUT2D eigenvalue weighted by Gasteiger charge is -2.22. The van der Waals surface area contributed by atoms with Gasteiger partial charge in [-0.1, -0.05) is 18.7 Å². The Morgan fingerprint density at radius 1 is 1.33 bits per heavy atom. The highest BCUT2D eigenvalue weighted by Gasteiger charge is 2.31. The van der Waals surface area contributed by atoms with Gasteiger partial charge in [-0.05, 0) is 48.7 Å². The molecule has 1 aliphatic heterocycles. The smallest absolute Gasteiger partial charge is 0.258 e. The van der Waals surface area contributed by atoms with Crippen LogP contribution in [0, 0.1) is 0 Å². The predicted molar refractivity (Wildman–Crippen MR) is 92.7 cm³/mol. The molecule has 122 valence electrons. The van der Waals surface area contributed by atoms with Crippen LogP contribution in [0.2, 0.25) is 0 Å². The standard InChI is InChI=1S/C19H19N3O2/c1-3-18(23)21-11-14-4-6-15(7-5-14)19(24)22-13(2)10-16-12-20-9-8-17(16)22/h3-9,12-13H,1,10-11H2,2H3,(H,21,23). The fraction of sp³-hybridized carbons (Fsp3) is 0.211. The molecule has 24 heavy (non-hydrogen) atoms. The van der Waals surface area contributed by atoms with Gasteiger partial charge >= 0.3 is 0 Å². The van der Waals surface area contributed by atoms with Crippen LogP contribution in [0.4, 0.5) is 5.69 Å². The van der Waals surface area contributed by atoms with Gasteiger partial charge in [-0.25, -0.2) is 0 Å². The summed E-state index contributed by atoms with van der Waals surface area (Å²) in [7, 11) is 0. The molecule has 0 fully saturated rings. The number of aromatic nitrogens is 1. The summed E-state index contributed by atoms with van der Waals surface area (Å²) in [5.74, 6) is -0.236. The van der Waals surface area contributed by atoms with E-state index in [1.807, 2.05) is 36.2 Å². The predicted octanol–water partition coefficient (Wildman–Crippen LogP) is 2.48. The van der Waals surface area contributed by atoms with Crippen molar-refractivity contribution >= 4 is 17.5 Å². The van der Waals surface area contributed by atoms with Crippen LogP contribution < -0.4 is 10.2 Å². The molecule has 1 aromatic carbocycles. The Balaban J connectivity index is 1.76. The van der Waals surface area contributed by atoms with Gasteiger partial charge in [0.2, 0.25) is 5.91 Å². The molecule has 0 spiro atoms. The van der Waals surface area contributed by atoms with Crippen molar-refractivity contribution in [2.75, 3.05) is 4.90 Å². The van der Waals surface area contributed by atoms with Gasteiger partial charge in [-0.2, -0.15) is 0 Å². The quantitative estimate of drug-likeness (QED) is 0.880. The maximum absolute atomic E-state index is 12.9. The second-order valence-electron chi connectivity index (χ2n) is 5.85. The average Bonchev–Trinajstić information content (AvgIpc) is 2.95. The van der Waals surface area contributed by atoms with Crippen LogP contribution in [0.1, 0.15) is 28.4 Å². The van der Waals surface area contributed by atoms with Crippen molar-refractivity contribution in [3.63, 3.8) is 0 Å². The van der Waals surface area contributed by atoms with Crippen LogP contribution in [0.15, 0.2) is 55.4 Å². The topological polar surface area (TPSA) is 62.3 Å². The Labute approximate surface area is 141 Å². The Morgan fingerprint density at radius 2 is 2.08 bits per heavy atom. The molecule has 0 aliphatic carbocycles. The minimum absolute atomic E-state index is 0.0193. The highest BCUT2D eigenvalue weighted by molar-refractivity contribution is 6.07. The first kappa shape index (κ1) is 15.9. The molecule has 0 bridgehead atoms. The molecule has 2 heterocycles. The SMILES string of the molecule is C=CC(=O)NCc1ccc(C(=O)N2c3ccncc3CC2C)cc1. The van der Waals surface area contributed by atoms with Gasteiger partial charge in [-0.15, -0.1) is 0 Å². The van der Waals surface area contributed by atoms with Crippen molar-refractivity contribution in [2.24, 2.45) is 0 Å². The summed E-state index contributed by atoms with van der Waals surface area (Å²) in [4.78, 5) is 30.0. The normalized spacial score (nSPS) is 15.7. The molecule has 1 atom stereocenters. The Kier molecular flexibility index (Phi) is 4.42. The average molecular weight is 321 g/mol. The number of hydrogen-bond acceptors (Lipinski definition) is 3. The highest BCUT2D eigenvalue weighted by Crippen LogP contribution is 2.32. The van der Waals surface area contributed by atoms with Crippen LogP contribution in [0.25, 0.3) is 0 Å². The molecule has 3 rings (SSSR count). The van der Waals surface area contributed by atoms with Gasteiger partial charge in [0.1, 0.15) is 0 Å². The number of benzene rings is 1. The fourth-order valence-corrected chi connectivity index (χ4v) is 2.93. The van der Waals surface area contributed by atoms with Gasteiger partial charge in [0.05, 0.1) is 5.69 Å². The summed E-state index contributed by atoms with van der Waals surface area (Å²) in [5, 5.41) is 2.71. The molecular weight excluding hydrogens is 302 g/mol. The molecule has 5 heteroatoms. The monoisotopic (exact) mass is 321 g/mol. The molecule has 1 unspecified atom stereocenters. The number of nitrogens with zero attached hydrogens (tertiary/aromatic N) is 2. The summed E-state index contributed by atoms with van der Waals surface area (Å²) < 4.78 is 0. The lowest BCUT2D eigenvalue weighted by molar-refractivity contribution is -0.116. The lowest BCUT2D eigenvalue weighted by Crippen LogP contribution is -2.35. The van der Waals surface area contributed by atoms with Crippen molar-refractivity contribution in [3.8, 4) is 0 Å². The molecule has 1 aromatic heterocycles. The summed E-state index contributed by atoms with van der Waals surface area (Å²) in [6.45, 7) is 5.86. The van der Waals surface area contributed by atoms with E-state index in [1.54, 1.807) is 18.3 Å². The number of rotatable bonds is 4. The number of hydrogen-bond donors (Lipinski definition) is 1. The third-order valence-electron chi connectivity index (χ3n) is 4.17. The molecule has 0 saturated heterocycles. The van der Waals surface area contributed by atoms with Crippen LogP contribution in [0.5, 0.6) is 0 Å². The lowest BCUT2D eigenvalue weighted by atomic mass is 10.1. The molecule has 1 N–H and O–H groups in total. The van der Waals surface area contributed by atoms with Crippen molar-refractivity contribution in [3.05, 3.63) is 72.1 Å². The van der Waals surface area contributed by atoms with Crippen LogP contribution in [-0.2, 0) is 17.8 Å². The first-order valence-electron chi connectivity index (χ1n) is 7.86. The maximum Gasteiger partial charge on any atom is 0.258 e. The second kappa shape index (κ2) is 6.66. The number of anilines is 1. The number of pyridine rings is 1. The summed E-state index contributed by atoms with van der Waals surface area (Å²) in [5.41, 5.74) is 3.60. The van der Waals surface area contributed by atoms with Gasteiger partial charge < -0.3 is 10.2 Å². The maximum atomic E-state index is 12.9. The number of carbonyl (C=O) groups excluding carboxylic acids is 2. The van der Waals surface area contributed by atoms with E-state index in [-0.39, 0.29) is 17.9 Å². The molecular formula is C19H19N3O2. The Morgan fingerprint density at radius 3 is 2.79 bits per heavy atom. The zero-order valence-corrected chi connectivity index (χ0v) is 13.5. The van der Waals surface area contributed by atoms with E-state index in [9.17, 15) is 9.59 Å². The molecule has 2 aromatic rings. The Hall–Kier alpha value is -2.95. The van der Waals surface area contributed by atoms with Crippen molar-refractivity contribution < 1.29 is 9.59 Å². The molecule has 2 amide bonds. The van der Waals surface area contributed by atoms with E-state index >= 15 is 0 Å². The van der Waals surface area contributed by atoms with E-state index in [4.69, 9.17) is 0 Å². The van der Waals surface area contributed by atoms with Gasteiger partial charge in [-0.3, -0.25) is 14.6 Å². The Bertz CT molecular complexity index is 783. The van der Waals surface area contributed by atoms with Gasteiger partial charge in [0.25, 0.3) is 5.91 Å². The van der Waals surface area contributed by atoms with Crippen LogP contribution >= 0.6 is 0 Å². The van der Waals surface area contributed by atoms with Gasteiger partial charge in [0.15, 0.2) is 0 Å². The van der Waals surface area contributed by atoms with Crippen LogP contribution in [0.3, 0.4) is 0 Å². The van der Waals surface area contributed by atoms with Gasteiger partial charge in [0, 0.05) is 30.5 Å². The summed E-state index contributed by atoms with van der Waals surface area (Å²) in [6.07, 6.45) is 5.59. The van der Waals surface area contributed by atoms with Crippen molar-refractivity contribution in [1.29, 1.82) is 0 Å². The summed E-state index contributed by atoms with van der Waals surface area (Å²) >= 11 is 0. The first-order chi connectivity index (χ1) is 11.6. The zero-order valence-electron chi connectivity index (χ0n) is 13.5. The third kappa shape index (κ3) is 3.06. The third-order valence-corrected chi connectivity index (χ3v) is 4.17. The highest BCUT2D eigenvalue weighted by atomic mass is 16.2. The second-order valence-corrected chi connectivity index (χ2v) is 5.85. The van der Waals surface area contributed by atoms with E-state index in [0.29, 0.717) is 12.1 Å². The first-order valence-corrected chi connectivity index (χ1v) is 7.86. The van der Waals surface area contributed by atoms with E-state index < -0.39 is 0 Å². The number of carbonyl (C=O) groups is 2. The minimum Gasteiger partial charge on any atom is -0.348 e. The molecule has 0 radical (unpaired) electrons. The van der Waals surface area contributed by atoms with Crippen molar-refractivity contribution in [2.45, 2.75) is 25.9 Å². The number of fused-ring (bicyclic) bond motifs is 1. The van der Waals surface area contributed by atoms with Crippen LogP contribution in [-0.4, -0.2) is 22.8 Å². The zero-order chi connectivity index (χ0) is 17.1. The molecule has 0 saturated carbocycles. The summed E-state index contributed by atoms with van der Waals surface area (Å²) in [6, 6.07) is 9.29. The van der Waals surface area contributed by atoms with E-state index in [1.165, 1.54) is 6.08 Å². The fourth-order valence-electron chi connectivity index (χ4n) is 2.93. The van der Waals surface area contributed by atoms with E-state index in [0.717, 1.165) is 23.2 Å². The van der Waals surface area contributed by atoms with Crippen molar-refractivity contribution in [1.82, 2.24) is 10.3 Å². The largest absolute Gasteiger partial charge is 0.348 e.